The van der Waals surface area contributed by atoms with Gasteiger partial charge in [0.1, 0.15) is 16.7 Å². The molecule has 0 spiro atoms. The van der Waals surface area contributed by atoms with Gasteiger partial charge >= 0.3 is 5.97 Å². The molecule has 0 amide bonds. The van der Waals surface area contributed by atoms with Crippen molar-refractivity contribution < 1.29 is 14.3 Å². The number of hydrogen-bond donors (Lipinski definition) is 1. The molecule has 0 saturated heterocycles. The fourth-order valence-corrected chi connectivity index (χ4v) is 5.00. The van der Waals surface area contributed by atoms with Crippen LogP contribution in [0.2, 0.25) is 10.0 Å². The number of esters is 1. The van der Waals surface area contributed by atoms with E-state index in [0.29, 0.717) is 5.92 Å². The molecule has 3 unspecified atom stereocenters. The Balaban J connectivity index is 1.90. The highest BCUT2D eigenvalue weighted by Crippen LogP contribution is 2.66. The van der Waals surface area contributed by atoms with Crippen LogP contribution in [0.1, 0.15) is 50.4 Å². The van der Waals surface area contributed by atoms with Gasteiger partial charge in [0, 0.05) is 5.41 Å². The average Bonchev–Trinajstić information content (AvgIpc) is 2.85. The third-order valence-corrected chi connectivity index (χ3v) is 7.28. The number of ether oxygens (including phenoxy) is 2. The van der Waals surface area contributed by atoms with Crippen LogP contribution >= 0.6 is 23.2 Å². The molecule has 2 bridgehead atoms. The van der Waals surface area contributed by atoms with Gasteiger partial charge in [-0.15, -0.1) is 0 Å². The second kappa shape index (κ2) is 5.70. The number of carbonyl (C=O) groups is 1. The van der Waals surface area contributed by atoms with E-state index in [2.05, 4.69) is 20.8 Å². The number of hydrogen-bond acceptors (Lipinski definition) is 4. The summed E-state index contributed by atoms with van der Waals surface area (Å²) >= 11 is 12.2. The molecule has 132 valence electrons. The first-order chi connectivity index (χ1) is 11.1. The zero-order chi connectivity index (χ0) is 17.9. The van der Waals surface area contributed by atoms with Crippen LogP contribution in [0.3, 0.4) is 0 Å². The van der Waals surface area contributed by atoms with E-state index in [0.717, 1.165) is 12.8 Å². The SMILES string of the molecule is COc1c(C(=O)OC2CC3CCC2(C)C3(C)C)cc(Cl)c(N)c1Cl. The highest BCUT2D eigenvalue weighted by Gasteiger charge is 2.62. The number of halogens is 2. The number of rotatable bonds is 3. The Labute approximate surface area is 152 Å². The zero-order valence-corrected chi connectivity index (χ0v) is 15.9. The third kappa shape index (κ3) is 2.30. The maximum absolute atomic E-state index is 12.8. The monoisotopic (exact) mass is 371 g/mol. The quantitative estimate of drug-likeness (QED) is 0.602. The number of anilines is 1. The molecule has 0 aliphatic heterocycles. The third-order valence-electron chi connectivity index (χ3n) is 6.60. The van der Waals surface area contributed by atoms with E-state index in [1.54, 1.807) is 0 Å². The predicted octanol–water partition coefficient (Wildman–Crippen LogP) is 4.96. The smallest absolute Gasteiger partial charge is 0.342 e. The van der Waals surface area contributed by atoms with E-state index >= 15 is 0 Å². The topological polar surface area (TPSA) is 61.5 Å². The highest BCUT2D eigenvalue weighted by atomic mass is 35.5. The summed E-state index contributed by atoms with van der Waals surface area (Å²) in [6.07, 6.45) is 3.05. The maximum Gasteiger partial charge on any atom is 0.342 e. The number of nitrogens with two attached hydrogens (primary N) is 1. The standard InChI is InChI=1S/C18H23Cl2NO3/c1-17(2)9-5-6-18(17,3)12(7-9)24-16(22)10-8-11(19)14(21)13(20)15(10)23-4/h8-9,12H,5-7,21H2,1-4H3. The molecular weight excluding hydrogens is 349 g/mol. The van der Waals surface area contributed by atoms with E-state index in [9.17, 15) is 4.79 Å². The van der Waals surface area contributed by atoms with Crippen molar-refractivity contribution in [1.29, 1.82) is 0 Å². The summed E-state index contributed by atoms with van der Waals surface area (Å²) in [4.78, 5) is 12.8. The summed E-state index contributed by atoms with van der Waals surface area (Å²) < 4.78 is 11.1. The number of fused-ring (bicyclic) bond motifs is 2. The Bertz CT molecular complexity index is 704. The van der Waals surface area contributed by atoms with E-state index < -0.39 is 5.97 Å². The molecule has 24 heavy (non-hydrogen) atoms. The van der Waals surface area contributed by atoms with E-state index in [1.807, 2.05) is 0 Å². The van der Waals surface area contributed by atoms with Crippen LogP contribution in [-0.4, -0.2) is 19.2 Å². The summed E-state index contributed by atoms with van der Waals surface area (Å²) in [5.41, 5.74) is 6.36. The van der Waals surface area contributed by atoms with Gasteiger partial charge < -0.3 is 15.2 Å². The lowest BCUT2D eigenvalue weighted by Gasteiger charge is -2.38. The molecule has 2 fully saturated rings. The van der Waals surface area contributed by atoms with Crippen molar-refractivity contribution >= 4 is 34.9 Å². The van der Waals surface area contributed by atoms with Gasteiger partial charge in [-0.2, -0.15) is 0 Å². The molecule has 6 heteroatoms. The van der Waals surface area contributed by atoms with Crippen molar-refractivity contribution in [2.45, 2.75) is 46.1 Å². The molecule has 2 saturated carbocycles. The van der Waals surface area contributed by atoms with Crippen LogP contribution in [-0.2, 0) is 4.74 Å². The van der Waals surface area contributed by atoms with Crippen LogP contribution in [0.25, 0.3) is 0 Å². The van der Waals surface area contributed by atoms with Gasteiger partial charge in [-0.3, -0.25) is 0 Å². The van der Waals surface area contributed by atoms with Crippen molar-refractivity contribution in [2.24, 2.45) is 16.7 Å². The number of carbonyl (C=O) groups excluding carboxylic acids is 1. The fraction of sp³-hybridized carbons (Fsp3) is 0.611. The average molecular weight is 372 g/mol. The van der Waals surface area contributed by atoms with Crippen molar-refractivity contribution in [1.82, 2.24) is 0 Å². The Morgan fingerprint density at radius 2 is 2.00 bits per heavy atom. The molecule has 2 aliphatic rings. The van der Waals surface area contributed by atoms with E-state index in [-0.39, 0.29) is 44.0 Å². The van der Waals surface area contributed by atoms with Crippen LogP contribution in [0.4, 0.5) is 5.69 Å². The molecule has 1 aromatic rings. The maximum atomic E-state index is 12.8. The second-order valence-electron chi connectivity index (χ2n) is 7.67. The van der Waals surface area contributed by atoms with E-state index in [4.69, 9.17) is 38.4 Å². The minimum absolute atomic E-state index is 0.0119. The Hall–Kier alpha value is -1.13. The van der Waals surface area contributed by atoms with Crippen LogP contribution < -0.4 is 10.5 Å². The largest absolute Gasteiger partial charge is 0.494 e. The summed E-state index contributed by atoms with van der Waals surface area (Å²) in [6.45, 7) is 6.77. The predicted molar refractivity (Wildman–Crippen MR) is 95.9 cm³/mol. The Kier molecular flexibility index (Phi) is 4.20. The molecule has 4 nitrogen and oxygen atoms in total. The van der Waals surface area contributed by atoms with Gasteiger partial charge in [0.05, 0.1) is 17.8 Å². The van der Waals surface area contributed by atoms with Crippen LogP contribution in [0.15, 0.2) is 6.07 Å². The van der Waals surface area contributed by atoms with Crippen molar-refractivity contribution in [2.75, 3.05) is 12.8 Å². The van der Waals surface area contributed by atoms with Crippen molar-refractivity contribution in [3.8, 4) is 5.75 Å². The number of benzene rings is 1. The van der Waals surface area contributed by atoms with Gasteiger partial charge in [-0.05, 0) is 36.7 Å². The summed E-state index contributed by atoms with van der Waals surface area (Å²) in [5, 5.41) is 0.351. The van der Waals surface area contributed by atoms with Gasteiger partial charge in [0.2, 0.25) is 0 Å². The lowest BCUT2D eigenvalue weighted by molar-refractivity contribution is -0.0244. The summed E-state index contributed by atoms with van der Waals surface area (Å²) in [6, 6.07) is 1.46. The molecule has 1 aromatic carbocycles. The van der Waals surface area contributed by atoms with Crippen LogP contribution in [0, 0.1) is 16.7 Å². The molecule has 0 heterocycles. The molecule has 0 aromatic heterocycles. The minimum atomic E-state index is -0.467. The van der Waals surface area contributed by atoms with E-state index in [1.165, 1.54) is 19.6 Å². The van der Waals surface area contributed by atoms with Crippen molar-refractivity contribution in [3.63, 3.8) is 0 Å². The second-order valence-corrected chi connectivity index (χ2v) is 8.46. The Morgan fingerprint density at radius 3 is 2.50 bits per heavy atom. The first-order valence-electron chi connectivity index (χ1n) is 8.16. The molecular formula is C18H23Cl2NO3. The highest BCUT2D eigenvalue weighted by molar-refractivity contribution is 6.40. The molecule has 3 rings (SSSR count). The van der Waals surface area contributed by atoms with Gasteiger partial charge in [0.15, 0.2) is 5.75 Å². The lowest BCUT2D eigenvalue weighted by atomic mass is 9.70. The summed E-state index contributed by atoms with van der Waals surface area (Å²) in [7, 11) is 1.44. The fourth-order valence-electron chi connectivity index (χ4n) is 4.47. The molecule has 2 N–H and O–H groups in total. The first-order valence-corrected chi connectivity index (χ1v) is 8.91. The number of nitrogen functional groups attached to an aromatic ring is 1. The van der Waals surface area contributed by atoms with Gasteiger partial charge in [0.25, 0.3) is 0 Å². The first kappa shape index (κ1) is 17.7. The molecule has 0 radical (unpaired) electrons. The van der Waals surface area contributed by atoms with Crippen molar-refractivity contribution in [3.05, 3.63) is 21.7 Å². The van der Waals surface area contributed by atoms with Crippen LogP contribution in [0.5, 0.6) is 5.75 Å². The lowest BCUT2D eigenvalue weighted by Crippen LogP contribution is -2.38. The Morgan fingerprint density at radius 1 is 1.33 bits per heavy atom. The zero-order valence-electron chi connectivity index (χ0n) is 14.4. The van der Waals surface area contributed by atoms with Gasteiger partial charge in [-0.25, -0.2) is 4.79 Å². The number of methoxy groups -OCH3 is 1. The minimum Gasteiger partial charge on any atom is -0.494 e. The van der Waals surface area contributed by atoms with Gasteiger partial charge in [-0.1, -0.05) is 44.0 Å². The molecule has 3 atom stereocenters. The normalized spacial score (nSPS) is 30.4. The summed E-state index contributed by atoms with van der Waals surface area (Å²) in [5.74, 6) is 0.321. The molecule has 2 aliphatic carbocycles.